The maximum absolute atomic E-state index is 11.9. The second kappa shape index (κ2) is 16.4. The number of rotatable bonds is 17. The quantitative estimate of drug-likeness (QED) is 0.230. The molecule has 1 aliphatic heterocycles. The molecule has 164 valence electrons. The second-order valence-corrected chi connectivity index (χ2v) is 8.92. The van der Waals surface area contributed by atoms with Crippen molar-refractivity contribution in [1.82, 2.24) is 0 Å². The smallest absolute Gasteiger partial charge is 0.203 e. The van der Waals surface area contributed by atoms with Gasteiger partial charge in [0.25, 0.3) is 0 Å². The maximum atomic E-state index is 11.9. The van der Waals surface area contributed by atoms with Crippen molar-refractivity contribution in [2.45, 2.75) is 123 Å². The Morgan fingerprint density at radius 2 is 1.36 bits per heavy atom. The van der Waals surface area contributed by atoms with Gasteiger partial charge in [-0.1, -0.05) is 116 Å². The molecule has 0 fully saturated rings. The number of ketones is 1. The summed E-state index contributed by atoms with van der Waals surface area (Å²) < 4.78 is 11.5. The molecule has 0 amide bonds. The zero-order valence-electron chi connectivity index (χ0n) is 18.5. The van der Waals surface area contributed by atoms with Crippen LogP contribution in [-0.2, 0) is 14.3 Å². The van der Waals surface area contributed by atoms with Gasteiger partial charge >= 0.3 is 0 Å². The van der Waals surface area contributed by atoms with Crippen LogP contribution in [0.1, 0.15) is 111 Å². The Kier molecular flexibility index (Phi) is 15.0. The predicted molar refractivity (Wildman–Crippen MR) is 119 cm³/mol. The Morgan fingerprint density at radius 1 is 0.893 bits per heavy atom. The molecule has 0 saturated heterocycles. The lowest BCUT2D eigenvalue weighted by Gasteiger charge is -2.28. The van der Waals surface area contributed by atoms with Crippen molar-refractivity contribution in [3.8, 4) is 0 Å². The highest BCUT2D eigenvalue weighted by Crippen LogP contribution is 2.24. The summed E-state index contributed by atoms with van der Waals surface area (Å²) in [6, 6.07) is 0. The van der Waals surface area contributed by atoms with Gasteiger partial charge in [-0.15, -0.1) is 0 Å². The van der Waals surface area contributed by atoms with Crippen molar-refractivity contribution < 1.29 is 14.3 Å². The van der Waals surface area contributed by atoms with Gasteiger partial charge in [0.1, 0.15) is 6.10 Å². The molecule has 0 aromatic carbocycles. The van der Waals surface area contributed by atoms with Crippen LogP contribution in [0.5, 0.6) is 0 Å². The molecule has 3 nitrogen and oxygen atoms in total. The largest absolute Gasteiger partial charge is 0.349 e. The molecule has 4 heteroatoms. The fraction of sp³-hybridized carbons (Fsp3) is 0.875. The zero-order chi connectivity index (χ0) is 20.6. The first-order valence-corrected chi connectivity index (χ1v) is 12.1. The lowest BCUT2D eigenvalue weighted by molar-refractivity contribution is -0.170. The fourth-order valence-corrected chi connectivity index (χ4v) is 3.84. The van der Waals surface area contributed by atoms with Crippen LogP contribution in [-0.4, -0.2) is 24.8 Å². The van der Waals surface area contributed by atoms with Gasteiger partial charge in [0.15, 0.2) is 6.29 Å². The average molecular weight is 415 g/mol. The van der Waals surface area contributed by atoms with Crippen LogP contribution in [0.25, 0.3) is 0 Å². The molecule has 0 bridgehead atoms. The summed E-state index contributed by atoms with van der Waals surface area (Å²) in [6.07, 6.45) is 19.4. The van der Waals surface area contributed by atoms with E-state index < -0.39 is 12.4 Å². The first kappa shape index (κ1) is 25.7. The standard InChI is InChI=1S/C24H43ClO3/c1-4-5-6-7-8-9-10-11-12-13-14-15-16-17-18-27-22-19-21(25)23(26)24(28-22)20(2)3/h19-20,22,24H,4-18H2,1-3H3. The molecule has 28 heavy (non-hydrogen) atoms. The minimum atomic E-state index is -0.487. The number of unbranched alkanes of at least 4 members (excludes halogenated alkanes) is 13. The first-order chi connectivity index (χ1) is 13.6. The van der Waals surface area contributed by atoms with Gasteiger partial charge in [0, 0.05) is 0 Å². The number of carbonyl (C=O) groups excluding carboxylic acids is 1. The first-order valence-electron chi connectivity index (χ1n) is 11.7. The van der Waals surface area contributed by atoms with Crippen LogP contribution in [0, 0.1) is 5.92 Å². The van der Waals surface area contributed by atoms with Crippen LogP contribution >= 0.6 is 11.6 Å². The second-order valence-electron chi connectivity index (χ2n) is 8.51. The maximum Gasteiger partial charge on any atom is 0.203 e. The van der Waals surface area contributed by atoms with Crippen molar-refractivity contribution in [2.75, 3.05) is 6.61 Å². The number of hydrogen-bond donors (Lipinski definition) is 0. The number of carbonyl (C=O) groups is 1. The summed E-state index contributed by atoms with van der Waals surface area (Å²) in [5.74, 6) is -0.0323. The topological polar surface area (TPSA) is 35.5 Å². The normalized spacial score (nSPS) is 20.0. The SMILES string of the molecule is CCCCCCCCCCCCCCCCOC1C=C(Cl)C(=O)C(C(C)C)O1. The average Bonchev–Trinajstić information content (AvgIpc) is 2.67. The highest BCUT2D eigenvalue weighted by molar-refractivity contribution is 6.43. The van der Waals surface area contributed by atoms with E-state index >= 15 is 0 Å². The van der Waals surface area contributed by atoms with E-state index in [0.29, 0.717) is 6.61 Å². The predicted octanol–water partition coefficient (Wildman–Crippen LogP) is 7.56. The Morgan fingerprint density at radius 3 is 1.82 bits per heavy atom. The van der Waals surface area contributed by atoms with E-state index in [-0.39, 0.29) is 16.7 Å². The van der Waals surface area contributed by atoms with Gasteiger partial charge in [-0.25, -0.2) is 0 Å². The Balaban J connectivity index is 1.91. The summed E-state index contributed by atoms with van der Waals surface area (Å²) >= 11 is 6.02. The van der Waals surface area contributed by atoms with E-state index in [1.165, 1.54) is 83.5 Å². The van der Waals surface area contributed by atoms with E-state index in [4.69, 9.17) is 21.1 Å². The minimum absolute atomic E-state index is 0.0992. The molecule has 1 rings (SSSR count). The zero-order valence-corrected chi connectivity index (χ0v) is 19.3. The van der Waals surface area contributed by atoms with E-state index in [0.717, 1.165) is 6.42 Å². The lowest BCUT2D eigenvalue weighted by Crippen LogP contribution is -2.38. The van der Waals surface area contributed by atoms with Crippen LogP contribution in [0.2, 0.25) is 0 Å². The number of Topliss-reactive ketones (excluding diaryl/α,β-unsaturated/α-hetero) is 1. The molecular formula is C24H43ClO3. The molecule has 1 heterocycles. The molecule has 2 atom stereocenters. The summed E-state index contributed by atoms with van der Waals surface area (Å²) in [4.78, 5) is 11.9. The van der Waals surface area contributed by atoms with E-state index in [2.05, 4.69) is 6.92 Å². The van der Waals surface area contributed by atoms with Crippen molar-refractivity contribution in [1.29, 1.82) is 0 Å². The summed E-state index contributed by atoms with van der Waals surface area (Å²) in [7, 11) is 0. The summed E-state index contributed by atoms with van der Waals surface area (Å²) in [6.45, 7) is 6.85. The third-order valence-corrected chi connectivity index (χ3v) is 5.75. The summed E-state index contributed by atoms with van der Waals surface area (Å²) in [5.41, 5.74) is 0. The van der Waals surface area contributed by atoms with Crippen LogP contribution in [0.3, 0.4) is 0 Å². The van der Waals surface area contributed by atoms with Gasteiger partial charge in [0.2, 0.25) is 5.78 Å². The third-order valence-electron chi connectivity index (χ3n) is 5.44. The number of halogens is 1. The third kappa shape index (κ3) is 11.6. The molecule has 2 unspecified atom stereocenters. The molecule has 0 aliphatic carbocycles. The fourth-order valence-electron chi connectivity index (χ4n) is 3.63. The Bertz CT molecular complexity index is 434. The van der Waals surface area contributed by atoms with Gasteiger partial charge in [-0.2, -0.15) is 0 Å². The highest BCUT2D eigenvalue weighted by Gasteiger charge is 2.32. The Labute approximate surface area is 178 Å². The number of ether oxygens (including phenoxy) is 2. The van der Waals surface area contributed by atoms with Gasteiger partial charge < -0.3 is 9.47 Å². The van der Waals surface area contributed by atoms with Gasteiger partial charge in [-0.05, 0) is 18.4 Å². The molecule has 0 radical (unpaired) electrons. The molecule has 0 spiro atoms. The monoisotopic (exact) mass is 414 g/mol. The van der Waals surface area contributed by atoms with Gasteiger partial charge in [0.05, 0.1) is 11.6 Å². The van der Waals surface area contributed by atoms with Crippen molar-refractivity contribution >= 4 is 17.4 Å². The van der Waals surface area contributed by atoms with E-state index in [1.54, 1.807) is 6.08 Å². The molecule has 0 aromatic heterocycles. The van der Waals surface area contributed by atoms with Crippen LogP contribution < -0.4 is 0 Å². The molecule has 0 aromatic rings. The van der Waals surface area contributed by atoms with Gasteiger partial charge in [-0.3, -0.25) is 4.79 Å². The van der Waals surface area contributed by atoms with Crippen molar-refractivity contribution in [3.05, 3.63) is 11.1 Å². The number of hydrogen-bond acceptors (Lipinski definition) is 3. The molecular weight excluding hydrogens is 372 g/mol. The van der Waals surface area contributed by atoms with Crippen LogP contribution in [0.15, 0.2) is 11.1 Å². The van der Waals surface area contributed by atoms with Crippen molar-refractivity contribution in [3.63, 3.8) is 0 Å². The lowest BCUT2D eigenvalue weighted by atomic mass is 10.0. The molecule has 0 N–H and O–H groups in total. The molecule has 1 aliphatic rings. The molecule has 0 saturated carbocycles. The Hall–Kier alpha value is -0.380. The summed E-state index contributed by atoms with van der Waals surface area (Å²) in [5, 5.41) is 0.246. The van der Waals surface area contributed by atoms with Crippen molar-refractivity contribution in [2.24, 2.45) is 5.92 Å². The highest BCUT2D eigenvalue weighted by atomic mass is 35.5. The van der Waals surface area contributed by atoms with E-state index in [1.807, 2.05) is 13.8 Å². The van der Waals surface area contributed by atoms with E-state index in [9.17, 15) is 4.79 Å². The minimum Gasteiger partial charge on any atom is -0.349 e. The van der Waals surface area contributed by atoms with Crippen LogP contribution in [0.4, 0.5) is 0 Å².